The number of methoxy groups -OCH3 is 1. The largest absolute Gasteiger partial charge is 0.496 e. The van der Waals surface area contributed by atoms with Crippen molar-refractivity contribution in [3.8, 4) is 17.2 Å². The van der Waals surface area contributed by atoms with Crippen molar-refractivity contribution in [3.05, 3.63) is 81.3 Å². The molecule has 0 unspecified atom stereocenters. The zero-order valence-corrected chi connectivity index (χ0v) is 21.3. The molecule has 0 aliphatic carbocycles. The van der Waals surface area contributed by atoms with E-state index in [1.807, 2.05) is 12.1 Å². The van der Waals surface area contributed by atoms with Gasteiger partial charge in [-0.05, 0) is 53.4 Å². The molecule has 0 heterocycles. The van der Waals surface area contributed by atoms with Crippen LogP contribution in [-0.2, 0) is 27.7 Å². The minimum atomic E-state index is -3.78. The molecule has 0 saturated carbocycles. The van der Waals surface area contributed by atoms with Crippen LogP contribution in [0.15, 0.2) is 59.5 Å². The monoisotopic (exact) mass is 521 g/mol. The third-order valence-electron chi connectivity index (χ3n) is 5.21. The molecule has 0 aliphatic rings. The number of hydrogen-bond donors (Lipinski definition) is 1. The second-order valence-electron chi connectivity index (χ2n) is 8.09. The van der Waals surface area contributed by atoms with E-state index in [2.05, 4.69) is 13.8 Å². The first-order valence-electron chi connectivity index (χ1n) is 10.5. The smallest absolute Gasteiger partial charge is 0.238 e. The molecule has 0 amide bonds. The van der Waals surface area contributed by atoms with Crippen molar-refractivity contribution in [3.63, 3.8) is 0 Å². The minimum Gasteiger partial charge on any atom is -0.496 e. The lowest BCUT2D eigenvalue weighted by molar-refractivity contribution is -0.117. The lowest BCUT2D eigenvalue weighted by Crippen LogP contribution is -2.12. The third kappa shape index (κ3) is 6.30. The van der Waals surface area contributed by atoms with Crippen LogP contribution in [0.2, 0.25) is 10.0 Å². The van der Waals surface area contributed by atoms with Crippen LogP contribution in [0.3, 0.4) is 0 Å². The van der Waals surface area contributed by atoms with Gasteiger partial charge in [0.1, 0.15) is 17.3 Å². The molecule has 180 valence electrons. The van der Waals surface area contributed by atoms with E-state index >= 15 is 0 Å². The fourth-order valence-corrected chi connectivity index (χ4v) is 4.48. The first-order valence-corrected chi connectivity index (χ1v) is 12.8. The Bertz CT molecular complexity index is 1310. The molecule has 0 bridgehead atoms. The maximum absolute atomic E-state index is 12.7. The Kier molecular flexibility index (Phi) is 8.25. The number of rotatable bonds is 9. The van der Waals surface area contributed by atoms with E-state index < -0.39 is 10.0 Å². The summed E-state index contributed by atoms with van der Waals surface area (Å²) in [7, 11) is -2.17. The third-order valence-corrected chi connectivity index (χ3v) is 6.85. The second-order valence-corrected chi connectivity index (χ2v) is 10.4. The molecule has 9 heteroatoms. The molecule has 0 aromatic heterocycles. The van der Waals surface area contributed by atoms with Crippen LogP contribution in [0.25, 0.3) is 0 Å². The number of ketones is 1. The summed E-state index contributed by atoms with van der Waals surface area (Å²) in [6, 6.07) is 14.7. The van der Waals surface area contributed by atoms with Gasteiger partial charge in [0, 0.05) is 18.4 Å². The fourth-order valence-electron chi connectivity index (χ4n) is 3.45. The number of primary sulfonamides is 1. The van der Waals surface area contributed by atoms with Gasteiger partial charge in [-0.2, -0.15) is 0 Å². The number of hydrogen-bond acceptors (Lipinski definition) is 5. The Morgan fingerprint density at radius 3 is 2.26 bits per heavy atom. The number of carbonyl (C=O) groups is 1. The van der Waals surface area contributed by atoms with Gasteiger partial charge in [0.25, 0.3) is 0 Å². The van der Waals surface area contributed by atoms with Gasteiger partial charge in [-0.25, -0.2) is 13.6 Å². The van der Waals surface area contributed by atoms with Crippen LogP contribution < -0.4 is 14.6 Å². The molecular weight excluding hydrogens is 497 g/mol. The van der Waals surface area contributed by atoms with Crippen LogP contribution in [0.5, 0.6) is 17.2 Å². The van der Waals surface area contributed by atoms with E-state index in [4.69, 9.17) is 37.8 Å². The lowest BCUT2D eigenvalue weighted by Gasteiger charge is -2.16. The highest BCUT2D eigenvalue weighted by atomic mass is 35.5. The molecule has 0 fully saturated rings. The summed E-state index contributed by atoms with van der Waals surface area (Å²) in [5.41, 5.74) is 2.22. The van der Waals surface area contributed by atoms with Gasteiger partial charge in [0.15, 0.2) is 5.75 Å². The average Bonchev–Trinajstić information content (AvgIpc) is 2.78. The molecule has 0 saturated heterocycles. The van der Waals surface area contributed by atoms with Gasteiger partial charge in [0.2, 0.25) is 10.0 Å². The van der Waals surface area contributed by atoms with Gasteiger partial charge in [0.05, 0.1) is 22.1 Å². The van der Waals surface area contributed by atoms with Crippen molar-refractivity contribution >= 4 is 39.0 Å². The summed E-state index contributed by atoms with van der Waals surface area (Å²) in [5, 5.41) is 5.69. The van der Waals surface area contributed by atoms with Crippen LogP contribution in [0.4, 0.5) is 0 Å². The number of carbonyl (C=O) groups excluding carboxylic acids is 1. The first-order chi connectivity index (χ1) is 16.0. The van der Waals surface area contributed by atoms with Crippen molar-refractivity contribution in [2.75, 3.05) is 7.11 Å². The first kappa shape index (κ1) is 26.0. The van der Waals surface area contributed by atoms with Crippen molar-refractivity contribution < 1.29 is 22.7 Å². The highest BCUT2D eigenvalue weighted by Gasteiger charge is 2.17. The highest BCUT2D eigenvalue weighted by molar-refractivity contribution is 7.89. The van der Waals surface area contributed by atoms with Crippen LogP contribution in [-0.4, -0.2) is 21.3 Å². The van der Waals surface area contributed by atoms with E-state index in [0.29, 0.717) is 21.9 Å². The molecular formula is C25H25Cl2NO5S. The van der Waals surface area contributed by atoms with E-state index in [1.54, 1.807) is 37.4 Å². The number of sulfonamides is 1. The Hall–Kier alpha value is -2.58. The molecule has 0 spiro atoms. The average molecular weight is 522 g/mol. The second kappa shape index (κ2) is 10.8. The summed E-state index contributed by atoms with van der Waals surface area (Å²) in [4.78, 5) is 12.7. The quantitative estimate of drug-likeness (QED) is 0.377. The molecule has 0 atom stereocenters. The number of benzene rings is 3. The Morgan fingerprint density at radius 1 is 1.00 bits per heavy atom. The summed E-state index contributed by atoms with van der Waals surface area (Å²) >= 11 is 12.9. The number of nitrogens with two attached hydrogens (primary N) is 1. The molecule has 0 aliphatic heterocycles. The maximum atomic E-state index is 12.7. The fraction of sp³-hybridized carbons (Fsp3) is 0.240. The Labute approximate surface area is 209 Å². The zero-order valence-electron chi connectivity index (χ0n) is 19.0. The number of halogens is 2. The predicted octanol–water partition coefficient (Wildman–Crippen LogP) is 5.92. The summed E-state index contributed by atoms with van der Waals surface area (Å²) in [6.45, 7) is 4.10. The molecule has 3 rings (SSSR count). The number of ether oxygens (including phenoxy) is 2. The molecule has 3 aromatic rings. The van der Waals surface area contributed by atoms with Crippen LogP contribution in [0.1, 0.15) is 36.5 Å². The molecule has 34 heavy (non-hydrogen) atoms. The van der Waals surface area contributed by atoms with E-state index in [1.165, 1.54) is 12.1 Å². The topological polar surface area (TPSA) is 95.7 Å². The van der Waals surface area contributed by atoms with E-state index in [0.717, 1.165) is 11.3 Å². The Balaban J connectivity index is 1.79. The van der Waals surface area contributed by atoms with Crippen LogP contribution in [0, 0.1) is 0 Å². The van der Waals surface area contributed by atoms with Gasteiger partial charge in [-0.15, -0.1) is 0 Å². The maximum Gasteiger partial charge on any atom is 0.238 e. The summed E-state index contributed by atoms with van der Waals surface area (Å²) < 4.78 is 34.2. The van der Waals surface area contributed by atoms with Gasteiger partial charge >= 0.3 is 0 Å². The van der Waals surface area contributed by atoms with Crippen molar-refractivity contribution in [1.29, 1.82) is 0 Å². The molecule has 2 N–H and O–H groups in total. The van der Waals surface area contributed by atoms with Crippen molar-refractivity contribution in [2.45, 2.75) is 37.5 Å². The van der Waals surface area contributed by atoms with E-state index in [-0.39, 0.29) is 40.2 Å². The standard InChI is InChI=1S/C25H25Cl2NO5S/c1-15(2)21-14-19(7-11-23(21)32-3)33-25-22(26)10-6-17(24(25)27)13-18(29)12-16-4-8-20(9-5-16)34(28,30)31/h4-11,14-15H,12-13H2,1-3H3,(H2,28,30,31). The van der Waals surface area contributed by atoms with Crippen molar-refractivity contribution in [1.82, 2.24) is 0 Å². The van der Waals surface area contributed by atoms with Gasteiger partial charge in [-0.3, -0.25) is 4.79 Å². The molecule has 3 aromatic carbocycles. The highest BCUT2D eigenvalue weighted by Crippen LogP contribution is 2.40. The minimum absolute atomic E-state index is 0.00890. The van der Waals surface area contributed by atoms with E-state index in [9.17, 15) is 13.2 Å². The zero-order chi connectivity index (χ0) is 25.0. The predicted molar refractivity (Wildman–Crippen MR) is 134 cm³/mol. The van der Waals surface area contributed by atoms with Gasteiger partial charge in [-0.1, -0.05) is 55.2 Å². The normalized spacial score (nSPS) is 11.5. The van der Waals surface area contributed by atoms with Crippen molar-refractivity contribution in [2.24, 2.45) is 5.14 Å². The molecule has 0 radical (unpaired) electrons. The Morgan fingerprint density at radius 2 is 1.68 bits per heavy atom. The summed E-state index contributed by atoms with van der Waals surface area (Å²) in [5.74, 6) is 1.69. The van der Waals surface area contributed by atoms with Crippen LogP contribution >= 0.6 is 23.2 Å². The summed E-state index contributed by atoms with van der Waals surface area (Å²) in [6.07, 6.45) is 0.166. The van der Waals surface area contributed by atoms with Gasteiger partial charge < -0.3 is 9.47 Å². The molecule has 6 nitrogen and oxygen atoms in total. The number of Topliss-reactive ketones (excluding diaryl/α,β-unsaturated/α-hetero) is 1. The SMILES string of the molecule is COc1ccc(Oc2c(Cl)ccc(CC(=O)Cc3ccc(S(N)(=O)=O)cc3)c2Cl)cc1C(C)C. The lowest BCUT2D eigenvalue weighted by atomic mass is 10.0.